The van der Waals surface area contributed by atoms with Gasteiger partial charge >= 0.3 is 0 Å². The van der Waals surface area contributed by atoms with Gasteiger partial charge in [0.05, 0.1) is 0 Å². The van der Waals surface area contributed by atoms with Crippen molar-refractivity contribution in [3.63, 3.8) is 0 Å². The molecule has 2 unspecified atom stereocenters. The van der Waals surface area contributed by atoms with E-state index >= 15 is 0 Å². The van der Waals surface area contributed by atoms with Crippen LogP contribution in [-0.2, 0) is 0 Å². The third kappa shape index (κ3) is 6.76. The van der Waals surface area contributed by atoms with Crippen molar-refractivity contribution in [1.82, 2.24) is 10.2 Å². The molecule has 1 N–H and O–H groups in total. The predicted molar refractivity (Wildman–Crippen MR) is 85.7 cm³/mol. The van der Waals surface area contributed by atoms with Gasteiger partial charge in [-0.3, -0.25) is 4.90 Å². The molecule has 19 heavy (non-hydrogen) atoms. The Labute approximate surface area is 121 Å². The van der Waals surface area contributed by atoms with Gasteiger partial charge in [0.2, 0.25) is 0 Å². The van der Waals surface area contributed by atoms with E-state index < -0.39 is 0 Å². The van der Waals surface area contributed by atoms with Crippen LogP contribution in [0.25, 0.3) is 0 Å². The summed E-state index contributed by atoms with van der Waals surface area (Å²) in [4.78, 5) is 2.80. The van der Waals surface area contributed by atoms with Gasteiger partial charge in [0.25, 0.3) is 0 Å². The fraction of sp³-hybridized carbons (Fsp3) is 1.00. The lowest BCUT2D eigenvalue weighted by atomic mass is 10.00. The van der Waals surface area contributed by atoms with Crippen molar-refractivity contribution in [1.29, 1.82) is 0 Å². The van der Waals surface area contributed by atoms with Crippen LogP contribution in [0.15, 0.2) is 0 Å². The Morgan fingerprint density at radius 1 is 1.16 bits per heavy atom. The van der Waals surface area contributed by atoms with Crippen LogP contribution in [0.2, 0.25) is 0 Å². The minimum atomic E-state index is 0.712. The molecular weight excluding hydrogens is 232 g/mol. The number of nitrogens with zero attached hydrogens (tertiary/aromatic N) is 1. The third-order valence-electron chi connectivity index (χ3n) is 4.30. The summed E-state index contributed by atoms with van der Waals surface area (Å²) < 4.78 is 0. The van der Waals surface area contributed by atoms with Crippen LogP contribution in [-0.4, -0.2) is 36.6 Å². The van der Waals surface area contributed by atoms with Gasteiger partial charge in [-0.2, -0.15) is 0 Å². The van der Waals surface area contributed by atoms with Gasteiger partial charge in [-0.15, -0.1) is 0 Å². The van der Waals surface area contributed by atoms with Crippen molar-refractivity contribution in [3.05, 3.63) is 0 Å². The van der Waals surface area contributed by atoms with Gasteiger partial charge in [0.1, 0.15) is 0 Å². The highest BCUT2D eigenvalue weighted by Crippen LogP contribution is 2.18. The molecule has 0 aliphatic carbocycles. The molecule has 1 saturated heterocycles. The van der Waals surface area contributed by atoms with E-state index in [0.717, 1.165) is 12.0 Å². The normalized spacial score (nSPS) is 23.5. The smallest absolute Gasteiger partial charge is 0.0197 e. The molecule has 0 saturated carbocycles. The topological polar surface area (TPSA) is 15.3 Å². The van der Waals surface area contributed by atoms with Gasteiger partial charge in [-0.05, 0) is 44.7 Å². The zero-order valence-electron chi connectivity index (χ0n) is 13.8. The largest absolute Gasteiger partial charge is 0.313 e. The first-order valence-corrected chi connectivity index (χ1v) is 8.64. The highest BCUT2D eigenvalue weighted by Gasteiger charge is 2.23. The average molecular weight is 268 g/mol. The second-order valence-corrected chi connectivity index (χ2v) is 6.71. The van der Waals surface area contributed by atoms with Crippen molar-refractivity contribution >= 4 is 0 Å². The lowest BCUT2D eigenvalue weighted by Gasteiger charge is -2.33. The molecule has 1 aliphatic heterocycles. The van der Waals surface area contributed by atoms with Crippen molar-refractivity contribution in [2.75, 3.05) is 19.6 Å². The molecule has 0 radical (unpaired) electrons. The van der Waals surface area contributed by atoms with E-state index in [0.29, 0.717) is 6.04 Å². The molecule has 0 bridgehead atoms. The Balaban J connectivity index is 2.54. The van der Waals surface area contributed by atoms with Crippen LogP contribution in [0.3, 0.4) is 0 Å². The van der Waals surface area contributed by atoms with Crippen LogP contribution in [0.1, 0.15) is 72.6 Å². The fourth-order valence-corrected chi connectivity index (χ4v) is 3.37. The Kier molecular flexibility index (Phi) is 8.72. The molecule has 0 spiro atoms. The maximum atomic E-state index is 3.75. The van der Waals surface area contributed by atoms with E-state index in [9.17, 15) is 0 Å². The second-order valence-electron chi connectivity index (χ2n) is 6.71. The molecule has 1 fully saturated rings. The monoisotopic (exact) mass is 268 g/mol. The minimum absolute atomic E-state index is 0.712. The lowest BCUT2D eigenvalue weighted by molar-refractivity contribution is 0.165. The Morgan fingerprint density at radius 2 is 1.95 bits per heavy atom. The molecule has 2 nitrogen and oxygen atoms in total. The maximum absolute atomic E-state index is 3.75. The molecular formula is C17H36N2. The van der Waals surface area contributed by atoms with Crippen LogP contribution < -0.4 is 5.32 Å². The zero-order valence-corrected chi connectivity index (χ0v) is 13.8. The quantitative estimate of drug-likeness (QED) is 0.714. The molecule has 2 heteroatoms. The summed E-state index contributed by atoms with van der Waals surface area (Å²) in [5.74, 6) is 0.803. The van der Waals surface area contributed by atoms with Gasteiger partial charge in [-0.1, -0.05) is 47.0 Å². The molecule has 1 heterocycles. The van der Waals surface area contributed by atoms with E-state index in [-0.39, 0.29) is 0 Å². The highest BCUT2D eigenvalue weighted by molar-refractivity contribution is 4.82. The predicted octanol–water partition coefficient (Wildman–Crippen LogP) is 4.06. The van der Waals surface area contributed by atoms with Crippen LogP contribution in [0.4, 0.5) is 0 Å². The SMILES string of the molecule is CCCCC(CCC)N1CCCNC(CC(C)C)C1. The number of hydrogen-bond acceptors (Lipinski definition) is 2. The van der Waals surface area contributed by atoms with Crippen LogP contribution in [0, 0.1) is 5.92 Å². The summed E-state index contributed by atoms with van der Waals surface area (Å²) in [6.45, 7) is 13.1. The van der Waals surface area contributed by atoms with Crippen LogP contribution >= 0.6 is 0 Å². The molecule has 2 atom stereocenters. The van der Waals surface area contributed by atoms with E-state index in [1.165, 1.54) is 64.6 Å². The number of nitrogens with one attached hydrogen (secondary N) is 1. The lowest BCUT2D eigenvalue weighted by Crippen LogP contribution is -2.43. The van der Waals surface area contributed by atoms with Gasteiger partial charge in [-0.25, -0.2) is 0 Å². The Hall–Kier alpha value is -0.0800. The van der Waals surface area contributed by atoms with Crippen molar-refractivity contribution in [3.8, 4) is 0 Å². The van der Waals surface area contributed by atoms with E-state index in [1.54, 1.807) is 0 Å². The fourth-order valence-electron chi connectivity index (χ4n) is 3.37. The summed E-state index contributed by atoms with van der Waals surface area (Å²) in [6, 6.07) is 1.54. The van der Waals surface area contributed by atoms with Gasteiger partial charge in [0.15, 0.2) is 0 Å². The molecule has 0 aromatic rings. The molecule has 0 aromatic carbocycles. The Bertz CT molecular complexity index is 215. The van der Waals surface area contributed by atoms with E-state index in [4.69, 9.17) is 0 Å². The van der Waals surface area contributed by atoms with E-state index in [2.05, 4.69) is 37.9 Å². The summed E-state index contributed by atoms with van der Waals surface area (Å²) in [5, 5.41) is 3.75. The maximum Gasteiger partial charge on any atom is 0.0197 e. The average Bonchev–Trinajstić information content (AvgIpc) is 2.59. The summed E-state index contributed by atoms with van der Waals surface area (Å²) in [5.41, 5.74) is 0. The molecule has 0 amide bonds. The first-order valence-electron chi connectivity index (χ1n) is 8.64. The van der Waals surface area contributed by atoms with Crippen molar-refractivity contribution in [2.45, 2.75) is 84.7 Å². The number of hydrogen-bond donors (Lipinski definition) is 1. The van der Waals surface area contributed by atoms with Crippen LogP contribution in [0.5, 0.6) is 0 Å². The van der Waals surface area contributed by atoms with Crippen molar-refractivity contribution in [2.24, 2.45) is 5.92 Å². The number of rotatable bonds is 8. The molecule has 1 aliphatic rings. The molecule has 1 rings (SSSR count). The first-order chi connectivity index (χ1) is 9.17. The van der Waals surface area contributed by atoms with E-state index in [1.807, 2.05) is 0 Å². The van der Waals surface area contributed by atoms with Gasteiger partial charge in [0, 0.05) is 18.6 Å². The Morgan fingerprint density at radius 3 is 2.58 bits per heavy atom. The summed E-state index contributed by atoms with van der Waals surface area (Å²) in [7, 11) is 0. The minimum Gasteiger partial charge on any atom is -0.313 e. The number of unbranched alkanes of at least 4 members (excludes halogenated alkanes) is 1. The standard InChI is InChI=1S/C17H36N2/c1-5-7-10-17(9-6-2)19-12-8-11-18-16(14-19)13-15(3)4/h15-18H,5-14H2,1-4H3. The first kappa shape index (κ1) is 17.0. The summed E-state index contributed by atoms with van der Waals surface area (Å²) in [6.07, 6.45) is 9.48. The summed E-state index contributed by atoms with van der Waals surface area (Å²) >= 11 is 0. The third-order valence-corrected chi connectivity index (χ3v) is 4.30. The molecule has 0 aromatic heterocycles. The highest BCUT2D eigenvalue weighted by atomic mass is 15.2. The van der Waals surface area contributed by atoms with Gasteiger partial charge < -0.3 is 5.32 Å². The molecule has 114 valence electrons. The zero-order chi connectivity index (χ0) is 14.1. The van der Waals surface area contributed by atoms with Crippen molar-refractivity contribution < 1.29 is 0 Å². The second kappa shape index (κ2) is 9.77.